The summed E-state index contributed by atoms with van der Waals surface area (Å²) in [4.78, 5) is 11.9. The summed E-state index contributed by atoms with van der Waals surface area (Å²) in [6.07, 6.45) is 5.23. The minimum Gasteiger partial charge on any atom is -0.396 e. The minimum atomic E-state index is 0.152. The van der Waals surface area contributed by atoms with Crippen LogP contribution < -0.4 is 10.6 Å². The van der Waals surface area contributed by atoms with Gasteiger partial charge >= 0.3 is 0 Å². The van der Waals surface area contributed by atoms with Gasteiger partial charge < -0.3 is 15.7 Å². The van der Waals surface area contributed by atoms with Gasteiger partial charge in [0, 0.05) is 19.7 Å². The van der Waals surface area contributed by atoms with Crippen molar-refractivity contribution in [3.05, 3.63) is 0 Å². The summed E-state index contributed by atoms with van der Waals surface area (Å²) in [6.45, 7) is 2.85. The molecule has 4 nitrogen and oxygen atoms in total. The molecule has 3 N–H and O–H groups in total. The maximum absolute atomic E-state index is 11.9. The van der Waals surface area contributed by atoms with Crippen LogP contribution in [0.5, 0.6) is 0 Å². The average molecular weight is 226 g/mol. The summed E-state index contributed by atoms with van der Waals surface area (Å²) in [7, 11) is 0. The van der Waals surface area contributed by atoms with E-state index in [1.807, 2.05) is 0 Å². The second kappa shape index (κ2) is 5.15. The fourth-order valence-corrected chi connectivity index (χ4v) is 2.42. The topological polar surface area (TPSA) is 61.4 Å². The SMILES string of the molecule is O=C(NCC1(CCO)CC1)[C@H]1CCCNC1. The molecule has 0 aromatic carbocycles. The van der Waals surface area contributed by atoms with Crippen molar-refractivity contribution in [1.82, 2.24) is 10.6 Å². The van der Waals surface area contributed by atoms with Crippen molar-refractivity contribution in [1.29, 1.82) is 0 Å². The highest BCUT2D eigenvalue weighted by molar-refractivity contribution is 5.79. The van der Waals surface area contributed by atoms with E-state index >= 15 is 0 Å². The maximum atomic E-state index is 11.9. The number of aliphatic hydroxyl groups is 1. The third-order valence-electron chi connectivity index (χ3n) is 3.90. The lowest BCUT2D eigenvalue weighted by Gasteiger charge is -2.23. The molecule has 1 saturated heterocycles. The molecule has 0 bridgehead atoms. The van der Waals surface area contributed by atoms with Gasteiger partial charge in [-0.15, -0.1) is 0 Å². The van der Waals surface area contributed by atoms with Crippen LogP contribution in [-0.4, -0.2) is 37.3 Å². The van der Waals surface area contributed by atoms with Crippen LogP contribution in [0.1, 0.15) is 32.1 Å². The highest BCUT2D eigenvalue weighted by Crippen LogP contribution is 2.47. The zero-order valence-corrected chi connectivity index (χ0v) is 9.80. The molecule has 0 unspecified atom stereocenters. The average Bonchev–Trinajstić information content (AvgIpc) is 3.08. The van der Waals surface area contributed by atoms with Gasteiger partial charge in [0.05, 0.1) is 5.92 Å². The number of hydrogen-bond acceptors (Lipinski definition) is 3. The van der Waals surface area contributed by atoms with Crippen LogP contribution >= 0.6 is 0 Å². The molecule has 1 atom stereocenters. The Hall–Kier alpha value is -0.610. The standard InChI is InChI=1S/C12H22N2O2/c15-7-5-12(3-4-12)9-14-11(16)10-2-1-6-13-8-10/h10,13,15H,1-9H2,(H,14,16)/t10-/m0/s1. The van der Waals surface area contributed by atoms with Gasteiger partial charge in [0.15, 0.2) is 0 Å². The quantitative estimate of drug-likeness (QED) is 0.630. The molecule has 0 spiro atoms. The summed E-state index contributed by atoms with van der Waals surface area (Å²) in [6, 6.07) is 0. The molecule has 4 heteroatoms. The van der Waals surface area contributed by atoms with E-state index in [1.54, 1.807) is 0 Å². The summed E-state index contributed by atoms with van der Waals surface area (Å²) < 4.78 is 0. The number of carbonyl (C=O) groups excluding carboxylic acids is 1. The molecule has 0 aromatic heterocycles. The fraction of sp³-hybridized carbons (Fsp3) is 0.917. The molecule has 1 saturated carbocycles. The lowest BCUT2D eigenvalue weighted by Crippen LogP contribution is -2.42. The Kier molecular flexibility index (Phi) is 3.82. The van der Waals surface area contributed by atoms with Gasteiger partial charge in [0.2, 0.25) is 5.91 Å². The van der Waals surface area contributed by atoms with Crippen LogP contribution in [0, 0.1) is 11.3 Å². The van der Waals surface area contributed by atoms with Crippen LogP contribution in [0.4, 0.5) is 0 Å². The number of amides is 1. The molecular weight excluding hydrogens is 204 g/mol. The molecule has 92 valence electrons. The highest BCUT2D eigenvalue weighted by atomic mass is 16.3. The molecule has 1 aliphatic heterocycles. The van der Waals surface area contributed by atoms with Crippen molar-refractivity contribution in [2.45, 2.75) is 32.1 Å². The number of nitrogens with one attached hydrogen (secondary N) is 2. The summed E-state index contributed by atoms with van der Waals surface area (Å²) in [5.74, 6) is 0.343. The van der Waals surface area contributed by atoms with E-state index in [4.69, 9.17) is 5.11 Å². The first kappa shape index (κ1) is 11.9. The van der Waals surface area contributed by atoms with E-state index in [-0.39, 0.29) is 23.8 Å². The molecular formula is C12H22N2O2. The second-order valence-electron chi connectivity index (χ2n) is 5.23. The Labute approximate surface area is 96.8 Å². The van der Waals surface area contributed by atoms with Gasteiger partial charge in [-0.2, -0.15) is 0 Å². The molecule has 0 aromatic rings. The summed E-state index contributed by atoms with van der Waals surface area (Å²) in [5.41, 5.74) is 0.229. The molecule has 2 fully saturated rings. The third-order valence-corrected chi connectivity index (χ3v) is 3.90. The summed E-state index contributed by atoms with van der Waals surface area (Å²) in [5, 5.41) is 15.2. The minimum absolute atomic E-state index is 0.152. The zero-order chi connectivity index (χ0) is 11.4. The first-order valence-corrected chi connectivity index (χ1v) is 6.35. The van der Waals surface area contributed by atoms with Crippen LogP contribution in [-0.2, 0) is 4.79 Å². The molecule has 1 aliphatic carbocycles. The lowest BCUT2D eigenvalue weighted by molar-refractivity contribution is -0.125. The molecule has 1 heterocycles. The zero-order valence-electron chi connectivity index (χ0n) is 9.80. The monoisotopic (exact) mass is 226 g/mol. The van der Waals surface area contributed by atoms with E-state index in [9.17, 15) is 4.79 Å². The summed E-state index contributed by atoms with van der Waals surface area (Å²) >= 11 is 0. The predicted molar refractivity (Wildman–Crippen MR) is 62.0 cm³/mol. The van der Waals surface area contributed by atoms with E-state index < -0.39 is 0 Å². The molecule has 1 amide bonds. The first-order valence-electron chi connectivity index (χ1n) is 6.35. The second-order valence-corrected chi connectivity index (χ2v) is 5.23. The fourth-order valence-electron chi connectivity index (χ4n) is 2.42. The van der Waals surface area contributed by atoms with E-state index in [2.05, 4.69) is 10.6 Å². The number of aliphatic hydroxyl groups excluding tert-OH is 1. The third kappa shape index (κ3) is 2.95. The van der Waals surface area contributed by atoms with Crippen molar-refractivity contribution in [3.63, 3.8) is 0 Å². The van der Waals surface area contributed by atoms with Gasteiger partial charge in [-0.25, -0.2) is 0 Å². The van der Waals surface area contributed by atoms with Gasteiger partial charge in [-0.1, -0.05) is 0 Å². The molecule has 16 heavy (non-hydrogen) atoms. The van der Waals surface area contributed by atoms with Gasteiger partial charge in [-0.3, -0.25) is 4.79 Å². The van der Waals surface area contributed by atoms with Crippen molar-refractivity contribution in [2.75, 3.05) is 26.2 Å². The van der Waals surface area contributed by atoms with Crippen molar-refractivity contribution >= 4 is 5.91 Å². The lowest BCUT2D eigenvalue weighted by atomic mass is 9.97. The first-order chi connectivity index (χ1) is 7.76. The van der Waals surface area contributed by atoms with Crippen molar-refractivity contribution < 1.29 is 9.90 Å². The number of carbonyl (C=O) groups is 1. The van der Waals surface area contributed by atoms with Crippen LogP contribution in [0.2, 0.25) is 0 Å². The molecule has 2 aliphatic rings. The Balaban J connectivity index is 1.70. The Morgan fingerprint density at radius 1 is 1.50 bits per heavy atom. The van der Waals surface area contributed by atoms with Gasteiger partial charge in [0.1, 0.15) is 0 Å². The van der Waals surface area contributed by atoms with Gasteiger partial charge in [-0.05, 0) is 44.1 Å². The van der Waals surface area contributed by atoms with E-state index in [0.717, 1.165) is 51.7 Å². The Morgan fingerprint density at radius 2 is 2.31 bits per heavy atom. The predicted octanol–water partition coefficient (Wildman–Crippen LogP) is 0.265. The Morgan fingerprint density at radius 3 is 2.88 bits per heavy atom. The molecule has 0 radical (unpaired) electrons. The number of piperidine rings is 1. The van der Waals surface area contributed by atoms with E-state index in [1.165, 1.54) is 0 Å². The highest BCUT2D eigenvalue weighted by Gasteiger charge is 2.42. The Bertz CT molecular complexity index is 245. The van der Waals surface area contributed by atoms with Gasteiger partial charge in [0.25, 0.3) is 0 Å². The van der Waals surface area contributed by atoms with Crippen molar-refractivity contribution in [3.8, 4) is 0 Å². The van der Waals surface area contributed by atoms with Crippen molar-refractivity contribution in [2.24, 2.45) is 11.3 Å². The van der Waals surface area contributed by atoms with E-state index in [0.29, 0.717) is 0 Å². The smallest absolute Gasteiger partial charge is 0.224 e. The largest absolute Gasteiger partial charge is 0.396 e. The maximum Gasteiger partial charge on any atom is 0.224 e. The van der Waals surface area contributed by atoms with Crippen LogP contribution in [0.3, 0.4) is 0 Å². The normalized spacial score (nSPS) is 27.4. The number of hydrogen-bond donors (Lipinski definition) is 3. The van der Waals surface area contributed by atoms with Crippen LogP contribution in [0.25, 0.3) is 0 Å². The molecule has 2 rings (SSSR count). The number of rotatable bonds is 5. The van der Waals surface area contributed by atoms with Crippen LogP contribution in [0.15, 0.2) is 0 Å².